The van der Waals surface area contributed by atoms with Crippen LogP contribution < -0.4 is 5.32 Å². The Labute approximate surface area is 237 Å². The largest absolute Gasteiger partial charge is 0.534 e. The summed E-state index contributed by atoms with van der Waals surface area (Å²) >= 11 is 0. The smallest absolute Gasteiger partial charge is 0.338 e. The Morgan fingerprint density at radius 1 is 0.878 bits per heavy atom. The van der Waals surface area contributed by atoms with E-state index in [1.807, 2.05) is 102 Å². The Balaban J connectivity index is 1.70. The maximum atomic E-state index is 12.8. The molecule has 1 aromatic heterocycles. The number of carbonyl (C=O) groups excluding carboxylic acids is 1. The summed E-state index contributed by atoms with van der Waals surface area (Å²) in [5.41, 5.74) is -3.60. The molecule has 216 valence electrons. The van der Waals surface area contributed by atoms with E-state index in [2.05, 4.69) is 14.5 Å². The minimum Gasteiger partial charge on any atom is -0.338 e. The fourth-order valence-electron chi connectivity index (χ4n) is 4.92. The first-order valence-electron chi connectivity index (χ1n) is 13.0. The lowest BCUT2D eigenvalue weighted by atomic mass is 9.76. The molecule has 0 saturated heterocycles. The second-order valence-corrected chi connectivity index (χ2v) is 11.3. The van der Waals surface area contributed by atoms with Gasteiger partial charge in [0.05, 0.1) is 0 Å². The van der Waals surface area contributed by atoms with E-state index < -0.39 is 39.1 Å². The summed E-state index contributed by atoms with van der Waals surface area (Å²) in [4.78, 5) is 17.0. The van der Waals surface area contributed by atoms with Crippen LogP contribution in [0.25, 0.3) is 0 Å². The van der Waals surface area contributed by atoms with E-state index in [1.54, 1.807) is 20.0 Å². The number of alkyl halides is 3. The third-order valence-electron chi connectivity index (χ3n) is 6.76. The topological polar surface area (TPSA) is 90.3 Å². The van der Waals surface area contributed by atoms with Crippen molar-refractivity contribution < 1.29 is 30.6 Å². The Kier molecular flexibility index (Phi) is 8.98. The lowest BCUT2D eigenvalue weighted by Gasteiger charge is -2.38. The van der Waals surface area contributed by atoms with E-state index in [0.29, 0.717) is 5.82 Å². The quantitative estimate of drug-likeness (QED) is 0.147. The zero-order chi connectivity index (χ0) is 29.7. The molecule has 7 nitrogen and oxygen atoms in total. The monoisotopic (exact) mass is 585 g/mol. The number of halogens is 3. The van der Waals surface area contributed by atoms with E-state index in [-0.39, 0.29) is 13.0 Å². The van der Waals surface area contributed by atoms with Crippen molar-refractivity contribution in [2.45, 2.75) is 37.4 Å². The van der Waals surface area contributed by atoms with Gasteiger partial charge in [0.1, 0.15) is 17.4 Å². The fourth-order valence-corrected chi connectivity index (χ4v) is 5.33. The van der Waals surface area contributed by atoms with Gasteiger partial charge in [0, 0.05) is 25.4 Å². The molecule has 0 bridgehead atoms. The van der Waals surface area contributed by atoms with Crippen molar-refractivity contribution in [1.82, 2.24) is 14.9 Å². The van der Waals surface area contributed by atoms with Gasteiger partial charge in [-0.05, 0) is 22.6 Å². The molecule has 4 aromatic rings. The van der Waals surface area contributed by atoms with Gasteiger partial charge in [0.25, 0.3) is 0 Å². The van der Waals surface area contributed by atoms with Crippen molar-refractivity contribution in [1.29, 1.82) is 0 Å². The number of nitrogens with one attached hydrogen (secondary N) is 1. The van der Waals surface area contributed by atoms with Crippen LogP contribution in [0.15, 0.2) is 103 Å². The normalized spacial score (nSPS) is 13.2. The molecule has 0 unspecified atom stereocenters. The molecule has 0 aliphatic rings. The predicted octanol–water partition coefficient (Wildman–Crippen LogP) is 5.27. The highest BCUT2D eigenvalue weighted by Crippen LogP contribution is 2.41. The molecule has 0 aliphatic heterocycles. The molecule has 4 rings (SSSR count). The molecule has 0 amide bonds. The van der Waals surface area contributed by atoms with Crippen LogP contribution in [0.4, 0.5) is 13.2 Å². The van der Waals surface area contributed by atoms with E-state index in [0.717, 1.165) is 16.7 Å². The summed E-state index contributed by atoms with van der Waals surface area (Å²) in [5, 5.41) is 2.87. The highest BCUT2D eigenvalue weighted by molar-refractivity contribution is 7.88. The average Bonchev–Trinajstić information content (AvgIpc) is 3.41. The van der Waals surface area contributed by atoms with Gasteiger partial charge in [0.15, 0.2) is 0 Å². The van der Waals surface area contributed by atoms with Gasteiger partial charge >= 0.3 is 21.6 Å². The lowest BCUT2D eigenvalue weighted by Crippen LogP contribution is -2.45. The molecule has 0 aliphatic carbocycles. The van der Waals surface area contributed by atoms with E-state index in [9.17, 15) is 26.4 Å². The van der Waals surface area contributed by atoms with E-state index in [4.69, 9.17) is 0 Å². The Morgan fingerprint density at radius 2 is 1.34 bits per heavy atom. The van der Waals surface area contributed by atoms with Crippen LogP contribution in [-0.2, 0) is 31.1 Å². The number of nitrogens with zero attached hydrogens (tertiary/aromatic N) is 2. The molecular weight excluding hydrogens is 555 g/mol. The number of carbonyl (C=O) groups is 1. The van der Waals surface area contributed by atoms with Gasteiger partial charge in [-0.1, -0.05) is 105 Å². The van der Waals surface area contributed by atoms with Crippen molar-refractivity contribution in [3.8, 4) is 0 Å². The zero-order valence-corrected chi connectivity index (χ0v) is 23.3. The molecule has 1 N–H and O–H groups in total. The van der Waals surface area contributed by atoms with Gasteiger partial charge < -0.3 is 14.1 Å². The third-order valence-corrected chi connectivity index (χ3v) is 7.71. The Hall–Kier alpha value is -3.96. The van der Waals surface area contributed by atoms with E-state index in [1.165, 1.54) is 0 Å². The SMILES string of the molecule is CC(C)[C@H](NCCc1nccn1C(c1ccccc1)(c1ccccc1)c1ccccc1)C(=O)OS(=O)(=O)C(F)(F)F. The van der Waals surface area contributed by atoms with Crippen molar-refractivity contribution in [2.24, 2.45) is 5.92 Å². The molecule has 0 saturated carbocycles. The molecule has 3 aromatic carbocycles. The predicted molar refractivity (Wildman–Crippen MR) is 148 cm³/mol. The summed E-state index contributed by atoms with van der Waals surface area (Å²) < 4.78 is 67.1. The number of imidazole rings is 1. The van der Waals surface area contributed by atoms with E-state index >= 15 is 0 Å². The standard InChI is InChI=1S/C30H30F3N3O4S/c1-22(2)27(28(37)40-41(38,39)30(31,32)33)35-19-18-26-34-20-21-36(26)29(23-12-6-3-7-13-23,24-14-8-4-9-15-24)25-16-10-5-11-17-25/h3-17,20-22,27,35H,18-19H2,1-2H3/t27-/m0/s1. The summed E-state index contributed by atoms with van der Waals surface area (Å²) in [5.74, 6) is -1.44. The minimum atomic E-state index is -6.07. The minimum absolute atomic E-state index is 0.107. The number of hydrogen-bond acceptors (Lipinski definition) is 6. The summed E-state index contributed by atoms with van der Waals surface area (Å²) in [6, 6.07) is 28.5. The maximum absolute atomic E-state index is 12.8. The molecule has 0 fully saturated rings. The average molecular weight is 586 g/mol. The van der Waals surface area contributed by atoms with Crippen LogP contribution in [0.3, 0.4) is 0 Å². The Bertz CT molecular complexity index is 1450. The van der Waals surface area contributed by atoms with Crippen LogP contribution in [0.5, 0.6) is 0 Å². The lowest BCUT2D eigenvalue weighted by molar-refractivity contribution is -0.139. The van der Waals surface area contributed by atoms with Crippen LogP contribution in [0.1, 0.15) is 36.4 Å². The molecule has 11 heteroatoms. The van der Waals surface area contributed by atoms with Crippen LogP contribution in [-0.4, -0.2) is 42.0 Å². The first-order valence-corrected chi connectivity index (χ1v) is 14.4. The number of rotatable bonds is 11. The van der Waals surface area contributed by atoms with Crippen molar-refractivity contribution in [2.75, 3.05) is 6.54 Å². The molecule has 1 heterocycles. The van der Waals surface area contributed by atoms with Crippen molar-refractivity contribution in [3.05, 3.63) is 126 Å². The second kappa shape index (κ2) is 12.3. The summed E-state index contributed by atoms with van der Waals surface area (Å²) in [6.07, 6.45) is 3.80. The molecular formula is C30H30F3N3O4S. The highest BCUT2D eigenvalue weighted by Gasteiger charge is 2.50. The van der Waals surface area contributed by atoms with Crippen LogP contribution >= 0.6 is 0 Å². The van der Waals surface area contributed by atoms with Gasteiger partial charge in [0.2, 0.25) is 0 Å². The first-order chi connectivity index (χ1) is 19.5. The first kappa shape index (κ1) is 30.0. The van der Waals surface area contributed by atoms with Crippen LogP contribution in [0, 0.1) is 5.92 Å². The van der Waals surface area contributed by atoms with Gasteiger partial charge in [-0.3, -0.25) is 0 Å². The highest BCUT2D eigenvalue weighted by atomic mass is 32.2. The van der Waals surface area contributed by atoms with Crippen molar-refractivity contribution in [3.63, 3.8) is 0 Å². The fraction of sp³-hybridized carbons (Fsp3) is 0.267. The van der Waals surface area contributed by atoms with Gasteiger partial charge in [-0.25, -0.2) is 9.78 Å². The summed E-state index contributed by atoms with van der Waals surface area (Å²) in [6.45, 7) is 3.26. The van der Waals surface area contributed by atoms with Gasteiger partial charge in [-0.15, -0.1) is 0 Å². The third kappa shape index (κ3) is 6.20. The second-order valence-electron chi connectivity index (χ2n) is 9.75. The zero-order valence-electron chi connectivity index (χ0n) is 22.5. The van der Waals surface area contributed by atoms with Gasteiger partial charge in [-0.2, -0.15) is 21.6 Å². The maximum Gasteiger partial charge on any atom is 0.534 e. The molecule has 0 spiro atoms. The number of benzene rings is 3. The number of hydrogen-bond donors (Lipinski definition) is 1. The van der Waals surface area contributed by atoms with Crippen LogP contribution in [0.2, 0.25) is 0 Å². The Morgan fingerprint density at radius 3 is 1.76 bits per heavy atom. The molecule has 41 heavy (non-hydrogen) atoms. The number of aromatic nitrogens is 2. The molecule has 0 radical (unpaired) electrons. The van der Waals surface area contributed by atoms with Crippen molar-refractivity contribution >= 4 is 16.1 Å². The summed E-state index contributed by atoms with van der Waals surface area (Å²) in [7, 11) is -6.07. The molecule has 1 atom stereocenters.